The van der Waals surface area contributed by atoms with Crippen LogP contribution in [0.15, 0.2) is 50.0 Å². The summed E-state index contributed by atoms with van der Waals surface area (Å²) >= 11 is 5.98. The molecule has 2 amide bonds. The number of amides is 2. The minimum absolute atomic E-state index is 0.0849. The molecule has 0 aliphatic rings. The first-order valence-electron chi connectivity index (χ1n) is 12.9. The van der Waals surface area contributed by atoms with Crippen molar-refractivity contribution in [3.8, 4) is 0 Å². The number of nitrogens with one attached hydrogen (secondary N) is 2. The Morgan fingerprint density at radius 3 is 2.17 bits per heavy atom. The number of fused-ring (bicyclic) bond motifs is 2. The van der Waals surface area contributed by atoms with Gasteiger partial charge < -0.3 is 24.6 Å². The number of benzene rings is 2. The van der Waals surface area contributed by atoms with Crippen LogP contribution in [0.3, 0.4) is 0 Å². The smallest absolute Gasteiger partial charge is 0.340 e. The van der Waals surface area contributed by atoms with E-state index in [1.165, 1.54) is 0 Å². The van der Waals surface area contributed by atoms with Crippen LogP contribution in [0.4, 0.5) is 0 Å². The summed E-state index contributed by atoms with van der Waals surface area (Å²) in [5.41, 5.74) is 2.72. The van der Waals surface area contributed by atoms with Gasteiger partial charge in [-0.3, -0.25) is 9.59 Å². The van der Waals surface area contributed by atoms with Crippen molar-refractivity contribution in [2.45, 2.75) is 59.5 Å². The second kappa shape index (κ2) is 11.6. The Kier molecular flexibility index (Phi) is 8.34. The summed E-state index contributed by atoms with van der Waals surface area (Å²) < 4.78 is 11.3. The van der Waals surface area contributed by atoms with Gasteiger partial charge in [0.2, 0.25) is 11.8 Å². The predicted molar refractivity (Wildman–Crippen MR) is 152 cm³/mol. The topological polar surface area (TPSA) is 139 Å². The maximum Gasteiger partial charge on any atom is 0.340 e. The van der Waals surface area contributed by atoms with Gasteiger partial charge in [-0.25, -0.2) is 9.59 Å². The number of furan rings is 1. The van der Waals surface area contributed by atoms with Crippen molar-refractivity contribution in [3.63, 3.8) is 0 Å². The number of carbonyl (C=O) groups is 3. The van der Waals surface area contributed by atoms with Crippen LogP contribution in [0, 0.1) is 26.7 Å². The van der Waals surface area contributed by atoms with Crippen LogP contribution in [0.2, 0.25) is 5.02 Å². The number of carbonyl (C=O) groups excluding carboxylic acids is 2. The molecule has 0 fully saturated rings. The van der Waals surface area contributed by atoms with Crippen LogP contribution in [0.5, 0.6) is 0 Å². The molecular formula is C30H31ClN2O7. The van der Waals surface area contributed by atoms with Gasteiger partial charge in [-0.05, 0) is 61.6 Å². The van der Waals surface area contributed by atoms with Crippen LogP contribution < -0.4 is 16.3 Å². The molecule has 9 nitrogen and oxygen atoms in total. The third-order valence-corrected chi connectivity index (χ3v) is 7.41. The van der Waals surface area contributed by atoms with E-state index in [9.17, 15) is 24.3 Å². The van der Waals surface area contributed by atoms with E-state index in [4.69, 9.17) is 20.4 Å². The molecule has 0 radical (unpaired) electrons. The predicted octanol–water partition coefficient (Wildman–Crippen LogP) is 4.61. The first-order valence-corrected chi connectivity index (χ1v) is 13.3. The molecule has 0 spiro atoms. The summed E-state index contributed by atoms with van der Waals surface area (Å²) in [5, 5.41) is 16.8. The van der Waals surface area contributed by atoms with Gasteiger partial charge in [0.05, 0.1) is 12.0 Å². The first kappa shape index (κ1) is 28.9. The highest BCUT2D eigenvalue weighted by Crippen LogP contribution is 2.31. The highest BCUT2D eigenvalue weighted by molar-refractivity contribution is 6.30. The summed E-state index contributed by atoms with van der Waals surface area (Å²) in [6, 6.07) is 8.06. The standard InChI is InChI=1S/C30H31ClN2O7/c1-14(2)27(29(36)37)33-28(35)23(10-18-6-8-19(31)9-7-18)32-26(34)12-22-16(4)21-11-20-15(3)17(5)39-24(20)13-25(21)40-30(22)38/h6-9,11,13-14,23,27H,10,12H2,1-5H3,(H,32,34)(H,33,35)(H,36,37)/t23-,27+/m1/s1. The summed E-state index contributed by atoms with van der Waals surface area (Å²) in [6.07, 6.45) is -0.246. The zero-order valence-corrected chi connectivity index (χ0v) is 23.6. The summed E-state index contributed by atoms with van der Waals surface area (Å²) in [5.74, 6) is -2.04. The van der Waals surface area contributed by atoms with Crippen molar-refractivity contribution in [1.82, 2.24) is 10.6 Å². The van der Waals surface area contributed by atoms with Gasteiger partial charge in [0.15, 0.2) is 0 Å². The Bertz CT molecular complexity index is 1670. The van der Waals surface area contributed by atoms with E-state index < -0.39 is 35.5 Å². The number of aliphatic carboxylic acids is 1. The molecule has 2 aromatic heterocycles. The number of halogens is 1. The normalized spacial score (nSPS) is 13.0. The van der Waals surface area contributed by atoms with Crippen LogP contribution in [-0.4, -0.2) is 35.0 Å². The van der Waals surface area contributed by atoms with E-state index in [0.717, 1.165) is 16.7 Å². The first-order chi connectivity index (χ1) is 18.8. The van der Waals surface area contributed by atoms with E-state index in [1.807, 2.05) is 19.9 Å². The molecule has 4 rings (SSSR count). The third kappa shape index (κ3) is 6.04. The maximum absolute atomic E-state index is 13.2. The molecule has 0 unspecified atom stereocenters. The second-order valence-corrected chi connectivity index (χ2v) is 10.8. The fraction of sp³-hybridized carbons (Fsp3) is 0.333. The fourth-order valence-electron chi connectivity index (χ4n) is 4.67. The monoisotopic (exact) mass is 566 g/mol. The van der Waals surface area contributed by atoms with Crippen LogP contribution >= 0.6 is 11.6 Å². The second-order valence-electron chi connectivity index (χ2n) is 10.3. The van der Waals surface area contributed by atoms with E-state index in [0.29, 0.717) is 32.7 Å². The van der Waals surface area contributed by atoms with Crippen molar-refractivity contribution < 1.29 is 28.3 Å². The molecule has 10 heteroatoms. The largest absolute Gasteiger partial charge is 0.480 e. The van der Waals surface area contributed by atoms with Crippen molar-refractivity contribution >= 4 is 51.3 Å². The Morgan fingerprint density at radius 2 is 1.55 bits per heavy atom. The minimum Gasteiger partial charge on any atom is -0.480 e. The van der Waals surface area contributed by atoms with Crippen LogP contribution in [-0.2, 0) is 27.2 Å². The average molecular weight is 567 g/mol. The number of aryl methyl sites for hydroxylation is 3. The lowest BCUT2D eigenvalue weighted by atomic mass is 10.00. The molecule has 2 aromatic carbocycles. The SMILES string of the molecule is Cc1oc2cc3oc(=O)c(CC(=O)N[C@H](Cc4ccc(Cl)cc4)C(=O)N[C@H](C(=O)O)C(C)C)c(C)c3cc2c1C. The zero-order valence-electron chi connectivity index (χ0n) is 22.9. The molecule has 2 heterocycles. The lowest BCUT2D eigenvalue weighted by molar-refractivity contribution is -0.143. The van der Waals surface area contributed by atoms with Crippen molar-refractivity contribution in [1.29, 1.82) is 0 Å². The van der Waals surface area contributed by atoms with Gasteiger partial charge in [-0.15, -0.1) is 0 Å². The number of carboxylic acids is 1. The van der Waals surface area contributed by atoms with Gasteiger partial charge in [0.25, 0.3) is 0 Å². The van der Waals surface area contributed by atoms with Crippen LogP contribution in [0.1, 0.15) is 41.9 Å². The molecule has 210 valence electrons. The molecular weight excluding hydrogens is 536 g/mol. The number of rotatable bonds is 9. The lowest BCUT2D eigenvalue weighted by Crippen LogP contribution is -2.54. The van der Waals surface area contributed by atoms with Gasteiger partial charge >= 0.3 is 11.6 Å². The van der Waals surface area contributed by atoms with Crippen molar-refractivity contribution in [2.75, 3.05) is 0 Å². The molecule has 0 aliphatic heterocycles. The molecule has 4 aromatic rings. The Morgan fingerprint density at radius 1 is 0.925 bits per heavy atom. The zero-order chi connectivity index (χ0) is 29.3. The molecule has 0 saturated carbocycles. The highest BCUT2D eigenvalue weighted by atomic mass is 35.5. The number of hydrogen-bond acceptors (Lipinski definition) is 6. The number of carboxylic acid groups (broad SMARTS) is 1. The summed E-state index contributed by atoms with van der Waals surface area (Å²) in [6.45, 7) is 8.89. The molecule has 40 heavy (non-hydrogen) atoms. The van der Waals surface area contributed by atoms with E-state index in [1.54, 1.807) is 51.1 Å². The molecule has 0 saturated heterocycles. The summed E-state index contributed by atoms with van der Waals surface area (Å²) in [7, 11) is 0. The van der Waals surface area contributed by atoms with E-state index in [-0.39, 0.29) is 24.3 Å². The maximum atomic E-state index is 13.2. The van der Waals surface area contributed by atoms with Gasteiger partial charge in [-0.2, -0.15) is 0 Å². The number of hydrogen-bond donors (Lipinski definition) is 3. The van der Waals surface area contributed by atoms with Crippen molar-refractivity contribution in [3.05, 3.63) is 79.9 Å². The summed E-state index contributed by atoms with van der Waals surface area (Å²) in [4.78, 5) is 51.0. The van der Waals surface area contributed by atoms with Crippen LogP contribution in [0.25, 0.3) is 21.9 Å². The minimum atomic E-state index is -1.18. The third-order valence-electron chi connectivity index (χ3n) is 7.16. The van der Waals surface area contributed by atoms with Gasteiger partial charge in [0.1, 0.15) is 29.0 Å². The molecule has 0 bridgehead atoms. The Balaban J connectivity index is 1.62. The van der Waals surface area contributed by atoms with E-state index >= 15 is 0 Å². The highest BCUT2D eigenvalue weighted by Gasteiger charge is 2.29. The quantitative estimate of drug-likeness (QED) is 0.251. The molecule has 0 aliphatic carbocycles. The molecule has 3 N–H and O–H groups in total. The fourth-order valence-corrected chi connectivity index (χ4v) is 4.79. The average Bonchev–Trinajstić information content (AvgIpc) is 3.16. The Hall–Kier alpha value is -4.11. The van der Waals surface area contributed by atoms with Gasteiger partial charge in [-0.1, -0.05) is 37.6 Å². The van der Waals surface area contributed by atoms with E-state index in [2.05, 4.69) is 10.6 Å². The lowest BCUT2D eigenvalue weighted by Gasteiger charge is -2.23. The Labute approximate surface area is 235 Å². The van der Waals surface area contributed by atoms with Gasteiger partial charge in [0, 0.05) is 28.3 Å². The van der Waals surface area contributed by atoms with Crippen molar-refractivity contribution in [2.24, 2.45) is 5.92 Å². The molecule has 2 atom stereocenters.